The third-order valence-electron chi connectivity index (χ3n) is 10.5. The maximum atomic E-state index is 12.0. The fraction of sp³-hybridized carbons (Fsp3) is 0.590. The van der Waals surface area contributed by atoms with Gasteiger partial charge >= 0.3 is 0 Å². The van der Waals surface area contributed by atoms with E-state index in [-0.39, 0.29) is 17.9 Å². The molecule has 2 heterocycles. The Bertz CT molecular complexity index is 1470. The van der Waals surface area contributed by atoms with E-state index in [4.69, 9.17) is 31.5 Å². The third kappa shape index (κ3) is 10.0. The number of carbonyl (C=O) groups excluding carboxylic acids is 2. The lowest BCUT2D eigenvalue weighted by molar-refractivity contribution is -0.127. The summed E-state index contributed by atoms with van der Waals surface area (Å²) in [5, 5.41) is 11.3. The average molecular weight is 711 g/mol. The smallest absolute Gasteiger partial charge is 0.250 e. The van der Waals surface area contributed by atoms with Crippen LogP contribution < -0.4 is 15.4 Å². The maximum Gasteiger partial charge on any atom is 0.250 e. The number of nitrogens with two attached hydrogens (primary N) is 1. The quantitative estimate of drug-likeness (QED) is 0.235. The van der Waals surface area contributed by atoms with Gasteiger partial charge in [0.25, 0.3) is 5.91 Å². The molecule has 50 heavy (non-hydrogen) atoms. The molecule has 2 fully saturated rings. The fourth-order valence-electron chi connectivity index (χ4n) is 7.32. The molecule has 2 amide bonds. The molecule has 5 unspecified atom stereocenters. The summed E-state index contributed by atoms with van der Waals surface area (Å²) in [5.41, 5.74) is 9.28. The highest BCUT2D eigenvalue weighted by atomic mass is 35.5. The fourth-order valence-corrected chi connectivity index (χ4v) is 7.52. The number of morpholine rings is 1. The first kappa shape index (κ1) is 38.1. The van der Waals surface area contributed by atoms with Gasteiger partial charge in [-0.05, 0) is 78.5 Å². The van der Waals surface area contributed by atoms with Crippen molar-refractivity contribution in [3.05, 3.63) is 70.3 Å². The number of carbonyl (C=O) groups is 2. The molecule has 3 N–H and O–H groups in total. The molecule has 11 heteroatoms. The number of nitrogens with zero attached hydrogens (tertiary/aromatic N) is 3. The third-order valence-corrected chi connectivity index (χ3v) is 10.8. The number of aliphatic hydroxyl groups excluding tert-OH is 1. The Hall–Kier alpha value is -3.15. The van der Waals surface area contributed by atoms with Gasteiger partial charge in [-0.3, -0.25) is 14.5 Å². The first-order valence-corrected chi connectivity index (χ1v) is 18.6. The molecule has 0 spiro atoms. The summed E-state index contributed by atoms with van der Waals surface area (Å²) < 4.78 is 18.6. The molecule has 5 rings (SSSR count). The molecule has 2 aromatic carbocycles. The molecule has 5 atom stereocenters. The molecule has 3 aliphatic rings. The highest BCUT2D eigenvalue weighted by Gasteiger charge is 2.39. The van der Waals surface area contributed by atoms with E-state index in [1.807, 2.05) is 25.2 Å². The van der Waals surface area contributed by atoms with Gasteiger partial charge in [0.15, 0.2) is 6.10 Å². The van der Waals surface area contributed by atoms with Crippen molar-refractivity contribution in [2.24, 2.45) is 17.6 Å². The number of fused-ring (bicyclic) bond motifs is 1. The van der Waals surface area contributed by atoms with Crippen molar-refractivity contribution in [3.8, 4) is 5.75 Å². The van der Waals surface area contributed by atoms with Gasteiger partial charge in [0.05, 0.1) is 38.2 Å². The summed E-state index contributed by atoms with van der Waals surface area (Å²) in [6.45, 7) is 11.3. The van der Waals surface area contributed by atoms with Crippen LogP contribution in [0.4, 0.5) is 5.69 Å². The lowest BCUT2D eigenvalue weighted by atomic mass is 9.70. The Kier molecular flexibility index (Phi) is 14.0. The van der Waals surface area contributed by atoms with E-state index in [0.29, 0.717) is 43.7 Å². The van der Waals surface area contributed by atoms with E-state index in [1.54, 1.807) is 17.9 Å². The Balaban J connectivity index is 1.38. The van der Waals surface area contributed by atoms with E-state index >= 15 is 0 Å². The monoisotopic (exact) mass is 710 g/mol. The number of amides is 2. The molecule has 0 bridgehead atoms. The Labute approximate surface area is 302 Å². The molecule has 10 nitrogen and oxygen atoms in total. The molecule has 2 aliphatic heterocycles. The molecule has 0 aromatic heterocycles. The highest BCUT2D eigenvalue weighted by molar-refractivity contribution is 6.30. The molecule has 2 aromatic rings. The number of aryl methyl sites for hydroxylation is 1. The number of benzene rings is 2. The van der Waals surface area contributed by atoms with Crippen molar-refractivity contribution in [1.29, 1.82) is 0 Å². The molecule has 1 aliphatic carbocycles. The van der Waals surface area contributed by atoms with Crippen LogP contribution >= 0.6 is 11.6 Å². The topological polar surface area (TPSA) is 118 Å². The minimum absolute atomic E-state index is 0.0497. The average Bonchev–Trinajstić information content (AvgIpc) is 3.27. The second-order valence-electron chi connectivity index (χ2n) is 14.0. The van der Waals surface area contributed by atoms with Crippen LogP contribution in [0.2, 0.25) is 5.02 Å². The number of aliphatic hydroxyl groups is 1. The highest BCUT2D eigenvalue weighted by Crippen LogP contribution is 2.43. The lowest BCUT2D eigenvalue weighted by Gasteiger charge is -2.44. The van der Waals surface area contributed by atoms with E-state index in [9.17, 15) is 14.7 Å². The maximum absolute atomic E-state index is 12.0. The van der Waals surface area contributed by atoms with Crippen LogP contribution in [0.1, 0.15) is 68.2 Å². The van der Waals surface area contributed by atoms with Crippen LogP contribution in [0, 0.1) is 11.8 Å². The van der Waals surface area contributed by atoms with Crippen molar-refractivity contribution < 1.29 is 28.9 Å². The predicted molar refractivity (Wildman–Crippen MR) is 197 cm³/mol. The summed E-state index contributed by atoms with van der Waals surface area (Å²) in [6.07, 6.45) is 7.74. The van der Waals surface area contributed by atoms with Crippen LogP contribution in [0.5, 0.6) is 5.75 Å². The molecular formula is C39H55ClN4O6. The van der Waals surface area contributed by atoms with E-state index in [1.165, 1.54) is 11.1 Å². The zero-order valence-electron chi connectivity index (χ0n) is 29.9. The number of rotatable bonds is 16. The number of primary amides is 1. The standard InChI is InChI=1S/C39H55ClN4O6/c1-4-7-28-22-32(40)11-13-33(28)31-25-44(35-23-29(38(46)39(41)47)10-14-37(35)50-26-31)24-30-9-12-34(30)36(8-5-6-15-42(3)27(2)45)49-21-18-43-16-19-48-20-17-43/h5,8,10-11,13-14,22-23,30-31,34,36,38,46H,4,6-7,9,12,15-21,24-26H2,1-3H3,(H2,41,47)/b8-5+. The normalized spacial score (nSPS) is 22.3. The minimum Gasteiger partial charge on any atom is -0.491 e. The van der Waals surface area contributed by atoms with Crippen LogP contribution in [-0.2, 0) is 25.5 Å². The van der Waals surface area contributed by atoms with Gasteiger partial charge in [-0.1, -0.05) is 49.2 Å². The van der Waals surface area contributed by atoms with Crippen LogP contribution in [0.15, 0.2) is 48.6 Å². The number of halogens is 1. The zero-order valence-corrected chi connectivity index (χ0v) is 30.7. The lowest BCUT2D eigenvalue weighted by Crippen LogP contribution is -2.45. The van der Waals surface area contributed by atoms with Crippen molar-refractivity contribution in [2.75, 3.05) is 77.6 Å². The van der Waals surface area contributed by atoms with Gasteiger partial charge in [-0.2, -0.15) is 0 Å². The van der Waals surface area contributed by atoms with Crippen molar-refractivity contribution in [1.82, 2.24) is 9.80 Å². The second-order valence-corrected chi connectivity index (χ2v) is 14.4. The number of hydrogen-bond acceptors (Lipinski definition) is 8. The van der Waals surface area contributed by atoms with Crippen molar-refractivity contribution in [2.45, 2.75) is 64.1 Å². The number of hydrogen-bond donors (Lipinski definition) is 2. The van der Waals surface area contributed by atoms with E-state index < -0.39 is 12.0 Å². The molecule has 1 saturated carbocycles. The predicted octanol–water partition coefficient (Wildman–Crippen LogP) is 4.96. The van der Waals surface area contributed by atoms with Crippen molar-refractivity contribution in [3.63, 3.8) is 0 Å². The van der Waals surface area contributed by atoms with Crippen molar-refractivity contribution >= 4 is 29.1 Å². The first-order valence-electron chi connectivity index (χ1n) is 18.2. The summed E-state index contributed by atoms with van der Waals surface area (Å²) >= 11 is 6.45. The van der Waals surface area contributed by atoms with E-state index in [2.05, 4.69) is 41.0 Å². The summed E-state index contributed by atoms with van der Waals surface area (Å²) in [5.74, 6) is 0.752. The van der Waals surface area contributed by atoms with Gasteiger partial charge < -0.3 is 34.9 Å². The molecule has 0 radical (unpaired) electrons. The largest absolute Gasteiger partial charge is 0.491 e. The Morgan fingerprint density at radius 2 is 1.98 bits per heavy atom. The summed E-state index contributed by atoms with van der Waals surface area (Å²) in [6, 6.07) is 11.6. The Morgan fingerprint density at radius 3 is 2.68 bits per heavy atom. The summed E-state index contributed by atoms with van der Waals surface area (Å²) in [7, 11) is 1.83. The molecular weight excluding hydrogens is 656 g/mol. The van der Waals surface area contributed by atoms with Crippen LogP contribution in [0.3, 0.4) is 0 Å². The van der Waals surface area contributed by atoms with Gasteiger partial charge in [-0.25, -0.2) is 0 Å². The SMILES string of the molecule is CCCc1cc(Cl)ccc1C1COc2ccc(C(O)C(N)=O)cc2N(CC2CCC2C(/C=C/CCN(C)C(C)=O)OCCN2CCOCC2)C1. The van der Waals surface area contributed by atoms with Gasteiger partial charge in [-0.15, -0.1) is 0 Å². The molecule has 274 valence electrons. The zero-order chi connectivity index (χ0) is 35.6. The minimum atomic E-state index is -1.40. The van der Waals surface area contributed by atoms with E-state index in [0.717, 1.165) is 88.0 Å². The summed E-state index contributed by atoms with van der Waals surface area (Å²) in [4.78, 5) is 30.2. The number of ether oxygens (including phenoxy) is 3. The van der Waals surface area contributed by atoms with Gasteiger partial charge in [0.1, 0.15) is 5.75 Å². The first-order chi connectivity index (χ1) is 24.1. The van der Waals surface area contributed by atoms with Crippen LogP contribution in [-0.4, -0.2) is 106 Å². The van der Waals surface area contributed by atoms with Gasteiger partial charge in [0.2, 0.25) is 5.91 Å². The van der Waals surface area contributed by atoms with Crippen LogP contribution in [0.25, 0.3) is 0 Å². The number of anilines is 1. The second kappa shape index (κ2) is 18.4. The molecule has 1 saturated heterocycles. The Morgan fingerprint density at radius 1 is 1.18 bits per heavy atom. The van der Waals surface area contributed by atoms with Gasteiger partial charge in [0, 0.05) is 64.2 Å².